The number of fused-ring (bicyclic) bond motifs is 1. The van der Waals surface area contributed by atoms with E-state index in [-0.39, 0.29) is 27.9 Å². The largest absolute Gasteiger partial charge is 0.493 e. The van der Waals surface area contributed by atoms with Crippen molar-refractivity contribution >= 4 is 33.1 Å². The summed E-state index contributed by atoms with van der Waals surface area (Å²) in [7, 11) is -2.38. The quantitative estimate of drug-likeness (QED) is 0.618. The molecule has 1 heterocycles. The highest BCUT2D eigenvalue weighted by Gasteiger charge is 2.25. The van der Waals surface area contributed by atoms with Crippen LogP contribution in [-0.4, -0.2) is 21.4 Å². The van der Waals surface area contributed by atoms with Crippen molar-refractivity contribution in [3.8, 4) is 11.5 Å². The first kappa shape index (κ1) is 20.2. The molecule has 9 heteroatoms. The standard InChI is InChI=1S/C21H16ClFN2O4S/c1-28-19-11-13(21-24-17-7-2-3-8-20(17)30(26,27)25-21)9-10-18(19)29-12-14-15(22)5-4-6-16(14)23/h2-11H,12H2,1H3,(H,24,25). The van der Waals surface area contributed by atoms with Gasteiger partial charge >= 0.3 is 0 Å². The van der Waals surface area contributed by atoms with E-state index in [9.17, 15) is 12.8 Å². The Labute approximate surface area is 178 Å². The number of rotatable bonds is 5. The van der Waals surface area contributed by atoms with Gasteiger partial charge in [-0.15, -0.1) is 4.40 Å². The van der Waals surface area contributed by atoms with Crippen LogP contribution >= 0.6 is 11.6 Å². The average Bonchev–Trinajstić information content (AvgIpc) is 2.73. The molecule has 0 unspecified atom stereocenters. The van der Waals surface area contributed by atoms with Gasteiger partial charge in [-0.1, -0.05) is 29.8 Å². The number of ether oxygens (including phenoxy) is 2. The fraction of sp³-hybridized carbons (Fsp3) is 0.0952. The molecule has 3 aromatic rings. The number of amidine groups is 1. The molecule has 30 heavy (non-hydrogen) atoms. The highest BCUT2D eigenvalue weighted by atomic mass is 35.5. The van der Waals surface area contributed by atoms with Gasteiger partial charge in [0.05, 0.1) is 17.8 Å². The molecule has 0 spiro atoms. The van der Waals surface area contributed by atoms with Gasteiger partial charge in [0.2, 0.25) is 0 Å². The predicted molar refractivity (Wildman–Crippen MR) is 113 cm³/mol. The number of nitrogens with zero attached hydrogens (tertiary/aromatic N) is 1. The molecule has 0 radical (unpaired) electrons. The van der Waals surface area contributed by atoms with E-state index in [0.29, 0.717) is 22.7 Å². The van der Waals surface area contributed by atoms with E-state index < -0.39 is 15.8 Å². The van der Waals surface area contributed by atoms with Crippen molar-refractivity contribution in [1.29, 1.82) is 0 Å². The van der Waals surface area contributed by atoms with Crippen LogP contribution in [-0.2, 0) is 16.6 Å². The second-order valence-electron chi connectivity index (χ2n) is 6.39. The number of nitrogens with one attached hydrogen (secondary N) is 1. The third-order valence-corrected chi connectivity index (χ3v) is 6.19. The Morgan fingerprint density at radius 2 is 1.87 bits per heavy atom. The van der Waals surface area contributed by atoms with Crippen LogP contribution < -0.4 is 14.8 Å². The van der Waals surface area contributed by atoms with Gasteiger partial charge in [-0.2, -0.15) is 8.42 Å². The highest BCUT2D eigenvalue weighted by Crippen LogP contribution is 2.33. The van der Waals surface area contributed by atoms with Gasteiger partial charge < -0.3 is 14.8 Å². The van der Waals surface area contributed by atoms with Gasteiger partial charge in [-0.05, 0) is 42.5 Å². The fourth-order valence-corrected chi connectivity index (χ4v) is 4.35. The lowest BCUT2D eigenvalue weighted by Gasteiger charge is -2.19. The number of anilines is 1. The number of hydrogen-bond donors (Lipinski definition) is 1. The summed E-state index contributed by atoms with van der Waals surface area (Å²) in [5.41, 5.74) is 1.16. The molecule has 0 amide bonds. The topological polar surface area (TPSA) is 77.0 Å². The zero-order valence-corrected chi connectivity index (χ0v) is 17.3. The van der Waals surface area contributed by atoms with Gasteiger partial charge in [0, 0.05) is 11.1 Å². The number of halogens is 2. The van der Waals surface area contributed by atoms with Crippen molar-refractivity contribution in [1.82, 2.24) is 0 Å². The molecule has 0 fully saturated rings. The molecule has 0 aliphatic carbocycles. The molecular formula is C21H16ClFN2O4S. The molecular weight excluding hydrogens is 431 g/mol. The van der Waals surface area contributed by atoms with Gasteiger partial charge in [0.25, 0.3) is 10.0 Å². The van der Waals surface area contributed by atoms with Crippen LogP contribution in [0.2, 0.25) is 5.02 Å². The third-order valence-electron chi connectivity index (χ3n) is 4.50. The summed E-state index contributed by atoms with van der Waals surface area (Å²) in [5, 5.41) is 3.28. The summed E-state index contributed by atoms with van der Waals surface area (Å²) in [5.74, 6) is 0.374. The van der Waals surface area contributed by atoms with Crippen LogP contribution in [0.1, 0.15) is 11.1 Å². The Morgan fingerprint density at radius 3 is 2.63 bits per heavy atom. The van der Waals surface area contributed by atoms with Gasteiger partial charge in [0.15, 0.2) is 17.3 Å². The number of benzene rings is 3. The molecule has 0 saturated carbocycles. The summed E-state index contributed by atoms with van der Waals surface area (Å²) < 4.78 is 53.8. The van der Waals surface area contributed by atoms with Crippen LogP contribution in [0.15, 0.2) is 70.0 Å². The molecule has 1 N–H and O–H groups in total. The summed E-state index contributed by atoms with van der Waals surface area (Å²) >= 11 is 6.03. The maximum Gasteiger partial charge on any atom is 0.286 e. The van der Waals surface area contributed by atoms with Crippen molar-refractivity contribution in [2.24, 2.45) is 4.40 Å². The Hall–Kier alpha value is -3.10. The van der Waals surface area contributed by atoms with Gasteiger partial charge in [0.1, 0.15) is 17.3 Å². The fourth-order valence-electron chi connectivity index (χ4n) is 2.99. The first-order valence-corrected chi connectivity index (χ1v) is 10.7. The molecule has 0 aromatic heterocycles. The first-order chi connectivity index (χ1) is 14.4. The van der Waals surface area contributed by atoms with Gasteiger partial charge in [-0.3, -0.25) is 0 Å². The van der Waals surface area contributed by atoms with E-state index >= 15 is 0 Å². The molecule has 6 nitrogen and oxygen atoms in total. The van der Waals surface area contributed by atoms with Crippen molar-refractivity contribution in [3.05, 3.63) is 82.6 Å². The van der Waals surface area contributed by atoms with E-state index in [1.54, 1.807) is 42.5 Å². The van der Waals surface area contributed by atoms with E-state index in [4.69, 9.17) is 21.1 Å². The molecule has 1 aliphatic heterocycles. The first-order valence-electron chi connectivity index (χ1n) is 8.84. The molecule has 0 saturated heterocycles. The van der Waals surface area contributed by atoms with E-state index in [0.717, 1.165) is 0 Å². The van der Waals surface area contributed by atoms with Crippen LogP contribution in [0, 0.1) is 5.82 Å². The van der Waals surface area contributed by atoms with E-state index in [1.165, 1.54) is 25.3 Å². The molecule has 0 atom stereocenters. The maximum absolute atomic E-state index is 14.0. The zero-order chi connectivity index (χ0) is 21.3. The second-order valence-corrected chi connectivity index (χ2v) is 8.37. The van der Waals surface area contributed by atoms with Gasteiger partial charge in [-0.25, -0.2) is 4.39 Å². The number of methoxy groups -OCH3 is 1. The van der Waals surface area contributed by atoms with Crippen molar-refractivity contribution in [3.63, 3.8) is 0 Å². The minimum Gasteiger partial charge on any atom is -0.493 e. The summed E-state index contributed by atoms with van der Waals surface area (Å²) in [6, 6.07) is 15.7. The lowest BCUT2D eigenvalue weighted by molar-refractivity contribution is 0.280. The lowest BCUT2D eigenvalue weighted by atomic mass is 10.1. The molecule has 3 aromatic carbocycles. The number of para-hydroxylation sites is 1. The summed E-state index contributed by atoms with van der Waals surface area (Å²) in [6.07, 6.45) is 0. The highest BCUT2D eigenvalue weighted by molar-refractivity contribution is 7.90. The smallest absolute Gasteiger partial charge is 0.286 e. The Morgan fingerprint density at radius 1 is 1.07 bits per heavy atom. The predicted octanol–water partition coefficient (Wildman–Crippen LogP) is 4.63. The van der Waals surface area contributed by atoms with Crippen molar-refractivity contribution in [2.45, 2.75) is 11.5 Å². The summed E-state index contributed by atoms with van der Waals surface area (Å²) in [4.78, 5) is 0.113. The van der Waals surface area contributed by atoms with Crippen LogP contribution in [0.25, 0.3) is 0 Å². The van der Waals surface area contributed by atoms with Crippen LogP contribution in [0.4, 0.5) is 10.1 Å². The van der Waals surface area contributed by atoms with Crippen molar-refractivity contribution < 1.29 is 22.3 Å². The second kappa shape index (κ2) is 7.97. The Balaban J connectivity index is 1.63. The zero-order valence-electron chi connectivity index (χ0n) is 15.7. The normalized spacial score (nSPS) is 14.3. The minimum atomic E-state index is -3.83. The average molecular weight is 447 g/mol. The minimum absolute atomic E-state index is 0.0951. The molecule has 1 aliphatic rings. The van der Waals surface area contributed by atoms with Crippen LogP contribution in [0.5, 0.6) is 11.5 Å². The third kappa shape index (κ3) is 3.83. The SMILES string of the molecule is COc1cc(C2=NS(=O)(=O)c3ccccc3N2)ccc1OCc1c(F)cccc1Cl. The maximum atomic E-state index is 14.0. The molecule has 154 valence electrons. The van der Waals surface area contributed by atoms with Crippen LogP contribution in [0.3, 0.4) is 0 Å². The van der Waals surface area contributed by atoms with E-state index in [2.05, 4.69) is 9.71 Å². The lowest BCUT2D eigenvalue weighted by Crippen LogP contribution is -2.22. The Kier molecular flexibility index (Phi) is 5.36. The van der Waals surface area contributed by atoms with Crippen molar-refractivity contribution in [2.75, 3.05) is 12.4 Å². The summed E-state index contributed by atoms with van der Waals surface area (Å²) in [6.45, 7) is -0.0951. The number of sulfonamides is 1. The molecule has 4 rings (SSSR count). The Bertz CT molecular complexity index is 1240. The molecule has 0 bridgehead atoms. The number of hydrogen-bond acceptors (Lipinski definition) is 5. The monoisotopic (exact) mass is 446 g/mol. The van der Waals surface area contributed by atoms with E-state index in [1.807, 2.05) is 0 Å².